The Morgan fingerprint density at radius 2 is 2.12 bits per heavy atom. The number of ether oxygens (including phenoxy) is 1. The number of carbonyl (C=O) groups is 2. The van der Waals surface area contributed by atoms with Crippen LogP contribution in [-0.2, 0) is 9.53 Å². The van der Waals surface area contributed by atoms with Gasteiger partial charge in [-0.2, -0.15) is 0 Å². The van der Waals surface area contributed by atoms with Crippen LogP contribution in [-0.4, -0.2) is 36.0 Å². The maximum atomic E-state index is 12.3. The van der Waals surface area contributed by atoms with Gasteiger partial charge in [-0.25, -0.2) is 4.79 Å². The van der Waals surface area contributed by atoms with E-state index in [0.29, 0.717) is 14.9 Å². The van der Waals surface area contributed by atoms with Gasteiger partial charge in [0.2, 0.25) is 0 Å². The highest BCUT2D eigenvalue weighted by Gasteiger charge is 2.25. The van der Waals surface area contributed by atoms with Crippen LogP contribution < -0.4 is 0 Å². The fourth-order valence-electron chi connectivity index (χ4n) is 2.91. The van der Waals surface area contributed by atoms with E-state index in [9.17, 15) is 9.59 Å². The summed E-state index contributed by atoms with van der Waals surface area (Å²) in [6.07, 6.45) is 3.11. The van der Waals surface area contributed by atoms with E-state index in [2.05, 4.69) is 0 Å². The summed E-state index contributed by atoms with van der Waals surface area (Å²) in [4.78, 5) is 26.6. The number of carbonyl (C=O) groups excluding carboxylic acids is 2. The van der Waals surface area contributed by atoms with Crippen LogP contribution in [0.1, 0.15) is 35.9 Å². The SMILES string of the molecule is CC1CCCCN1C(=O)COC(=O)c1sc2cc(Cl)ccc2c1Cl. The number of benzene rings is 1. The first-order valence-electron chi connectivity index (χ1n) is 7.81. The second kappa shape index (κ2) is 7.30. The molecule has 0 saturated carbocycles. The predicted molar refractivity (Wildman–Crippen MR) is 97.2 cm³/mol. The molecular weight excluding hydrogens is 369 g/mol. The van der Waals surface area contributed by atoms with E-state index in [1.54, 1.807) is 23.1 Å². The van der Waals surface area contributed by atoms with Crippen LogP contribution in [0, 0.1) is 0 Å². The molecule has 1 unspecified atom stereocenters. The topological polar surface area (TPSA) is 46.6 Å². The lowest BCUT2D eigenvalue weighted by Gasteiger charge is -2.33. The normalized spacial score (nSPS) is 18.0. The smallest absolute Gasteiger partial charge is 0.350 e. The second-order valence-corrected chi connectivity index (χ2v) is 7.76. The summed E-state index contributed by atoms with van der Waals surface area (Å²) in [6, 6.07) is 5.44. The largest absolute Gasteiger partial charge is 0.451 e. The van der Waals surface area contributed by atoms with Gasteiger partial charge in [-0.3, -0.25) is 4.79 Å². The molecule has 1 aromatic heterocycles. The number of rotatable bonds is 3. The molecule has 1 aliphatic heterocycles. The lowest BCUT2D eigenvalue weighted by atomic mass is 10.0. The highest BCUT2D eigenvalue weighted by atomic mass is 35.5. The van der Waals surface area contributed by atoms with Crippen molar-refractivity contribution >= 4 is 56.5 Å². The van der Waals surface area contributed by atoms with E-state index in [1.807, 2.05) is 6.92 Å². The summed E-state index contributed by atoms with van der Waals surface area (Å²) in [7, 11) is 0. The molecule has 1 aromatic carbocycles. The molecule has 0 spiro atoms. The molecular formula is C17H17Cl2NO3S. The van der Waals surface area contributed by atoms with Crippen molar-refractivity contribution in [3.63, 3.8) is 0 Å². The zero-order valence-electron chi connectivity index (χ0n) is 13.2. The maximum Gasteiger partial charge on any atom is 0.350 e. The lowest BCUT2D eigenvalue weighted by Crippen LogP contribution is -2.44. The van der Waals surface area contributed by atoms with Gasteiger partial charge in [-0.15, -0.1) is 11.3 Å². The highest BCUT2D eigenvalue weighted by Crippen LogP contribution is 2.37. The van der Waals surface area contributed by atoms with Crippen molar-refractivity contribution in [3.8, 4) is 0 Å². The van der Waals surface area contributed by atoms with Gasteiger partial charge in [0.05, 0.1) is 5.02 Å². The molecule has 1 amide bonds. The number of amides is 1. The minimum absolute atomic E-state index is 0.157. The standard InChI is InChI=1S/C17H17Cl2NO3S/c1-10-4-2-3-7-20(10)14(21)9-23-17(22)16-15(19)12-6-5-11(18)8-13(12)24-16/h5-6,8,10H,2-4,7,9H2,1H3. The van der Waals surface area contributed by atoms with Crippen LogP contribution in [0.5, 0.6) is 0 Å². The van der Waals surface area contributed by atoms with Crippen molar-refractivity contribution in [2.45, 2.75) is 32.2 Å². The van der Waals surface area contributed by atoms with Gasteiger partial charge in [0.15, 0.2) is 6.61 Å². The Bertz CT molecular complexity index is 789. The van der Waals surface area contributed by atoms with Crippen LogP contribution in [0.2, 0.25) is 10.0 Å². The summed E-state index contributed by atoms with van der Waals surface area (Å²) >= 11 is 13.4. The molecule has 1 atom stereocenters. The molecule has 7 heteroatoms. The van der Waals surface area contributed by atoms with E-state index in [4.69, 9.17) is 27.9 Å². The number of hydrogen-bond acceptors (Lipinski definition) is 4. The Balaban J connectivity index is 1.69. The molecule has 128 valence electrons. The van der Waals surface area contributed by atoms with E-state index in [1.165, 1.54) is 11.3 Å². The summed E-state index contributed by atoms with van der Waals surface area (Å²) in [5.41, 5.74) is 0. The second-order valence-electron chi connectivity index (χ2n) is 5.89. The van der Waals surface area contributed by atoms with Crippen molar-refractivity contribution in [3.05, 3.63) is 33.1 Å². The number of likely N-dealkylation sites (tertiary alicyclic amines) is 1. The molecule has 3 rings (SSSR count). The third kappa shape index (κ3) is 3.53. The van der Waals surface area contributed by atoms with Crippen molar-refractivity contribution in [1.82, 2.24) is 4.90 Å². The molecule has 1 fully saturated rings. The van der Waals surface area contributed by atoms with Crippen molar-refractivity contribution < 1.29 is 14.3 Å². The van der Waals surface area contributed by atoms with Crippen LogP contribution in [0.15, 0.2) is 18.2 Å². The number of esters is 1. The summed E-state index contributed by atoms with van der Waals surface area (Å²) in [5.74, 6) is -0.730. The fourth-order valence-corrected chi connectivity index (χ4v) is 4.59. The summed E-state index contributed by atoms with van der Waals surface area (Å²) in [5, 5.41) is 1.68. The molecule has 1 aliphatic rings. The molecule has 1 saturated heterocycles. The van der Waals surface area contributed by atoms with Crippen LogP contribution in [0.3, 0.4) is 0 Å². The fraction of sp³-hybridized carbons (Fsp3) is 0.412. The number of hydrogen-bond donors (Lipinski definition) is 0. The minimum atomic E-state index is -0.574. The zero-order chi connectivity index (χ0) is 17.3. The Morgan fingerprint density at radius 1 is 1.33 bits per heavy atom. The van der Waals surface area contributed by atoms with E-state index in [-0.39, 0.29) is 18.6 Å². The monoisotopic (exact) mass is 385 g/mol. The molecule has 2 aromatic rings. The first-order valence-corrected chi connectivity index (χ1v) is 9.38. The Morgan fingerprint density at radius 3 is 2.88 bits per heavy atom. The van der Waals surface area contributed by atoms with E-state index in [0.717, 1.165) is 35.9 Å². The average Bonchev–Trinajstić information content (AvgIpc) is 2.89. The quantitative estimate of drug-likeness (QED) is 0.715. The maximum absolute atomic E-state index is 12.3. The summed E-state index contributed by atoms with van der Waals surface area (Å²) in [6.45, 7) is 2.49. The third-order valence-corrected chi connectivity index (χ3v) is 6.10. The number of piperidine rings is 1. The molecule has 0 bridgehead atoms. The van der Waals surface area contributed by atoms with Crippen LogP contribution in [0.25, 0.3) is 10.1 Å². The lowest BCUT2D eigenvalue weighted by molar-refractivity contribution is -0.137. The molecule has 0 N–H and O–H groups in total. The molecule has 0 radical (unpaired) electrons. The average molecular weight is 386 g/mol. The van der Waals surface area contributed by atoms with Gasteiger partial charge >= 0.3 is 5.97 Å². The molecule has 2 heterocycles. The number of halogens is 2. The molecule has 4 nitrogen and oxygen atoms in total. The van der Waals surface area contributed by atoms with Crippen molar-refractivity contribution in [2.24, 2.45) is 0 Å². The van der Waals surface area contributed by atoms with Gasteiger partial charge in [-0.05, 0) is 38.3 Å². The third-order valence-electron chi connectivity index (χ3n) is 4.23. The van der Waals surface area contributed by atoms with Crippen LogP contribution in [0.4, 0.5) is 0 Å². The Kier molecular flexibility index (Phi) is 5.33. The van der Waals surface area contributed by atoms with E-state index >= 15 is 0 Å². The van der Waals surface area contributed by atoms with Gasteiger partial charge in [-0.1, -0.05) is 29.3 Å². The first kappa shape index (κ1) is 17.5. The van der Waals surface area contributed by atoms with Crippen LogP contribution >= 0.6 is 34.5 Å². The Hall–Kier alpha value is -1.30. The summed E-state index contributed by atoms with van der Waals surface area (Å²) < 4.78 is 6.01. The van der Waals surface area contributed by atoms with Gasteiger partial charge in [0.1, 0.15) is 4.88 Å². The number of nitrogens with zero attached hydrogens (tertiary/aromatic N) is 1. The number of fused-ring (bicyclic) bond motifs is 1. The zero-order valence-corrected chi connectivity index (χ0v) is 15.5. The molecule has 0 aliphatic carbocycles. The van der Waals surface area contributed by atoms with Gasteiger partial charge in [0.25, 0.3) is 5.91 Å². The molecule has 24 heavy (non-hydrogen) atoms. The highest BCUT2D eigenvalue weighted by molar-refractivity contribution is 7.21. The Labute approximate surface area is 154 Å². The van der Waals surface area contributed by atoms with Gasteiger partial charge in [0, 0.05) is 27.7 Å². The van der Waals surface area contributed by atoms with Gasteiger partial charge < -0.3 is 9.64 Å². The minimum Gasteiger partial charge on any atom is -0.451 e. The number of thiophene rings is 1. The van der Waals surface area contributed by atoms with Crippen molar-refractivity contribution in [1.29, 1.82) is 0 Å². The first-order chi connectivity index (χ1) is 11.5. The predicted octanol–water partition coefficient (Wildman–Crippen LogP) is 4.77. The van der Waals surface area contributed by atoms with E-state index < -0.39 is 5.97 Å². The van der Waals surface area contributed by atoms with Crippen molar-refractivity contribution in [2.75, 3.05) is 13.2 Å².